The van der Waals surface area contributed by atoms with Crippen molar-refractivity contribution >= 4 is 34.5 Å². The number of hydrogen-bond acceptors (Lipinski definition) is 2. The van der Waals surface area contributed by atoms with Gasteiger partial charge in [0.15, 0.2) is 0 Å². The fourth-order valence-corrected chi connectivity index (χ4v) is 3.56. The van der Waals surface area contributed by atoms with Gasteiger partial charge >= 0.3 is 0 Å². The van der Waals surface area contributed by atoms with Crippen molar-refractivity contribution in [1.29, 1.82) is 0 Å². The van der Waals surface area contributed by atoms with E-state index in [1.54, 1.807) is 23.5 Å². The van der Waals surface area contributed by atoms with E-state index in [4.69, 9.17) is 23.2 Å². The van der Waals surface area contributed by atoms with Crippen LogP contribution in [0.4, 0.5) is 0 Å². The Balaban J connectivity index is 2.20. The largest absolute Gasteiger partial charge is 0.387 e. The predicted molar refractivity (Wildman–Crippen MR) is 88.1 cm³/mol. The molecule has 1 heterocycles. The van der Waals surface area contributed by atoms with Crippen LogP contribution < -0.4 is 0 Å². The molecule has 2 rings (SSSR count). The second kappa shape index (κ2) is 6.07. The third-order valence-electron chi connectivity index (χ3n) is 3.15. The first kappa shape index (κ1) is 15.8. The van der Waals surface area contributed by atoms with Gasteiger partial charge in [-0.1, -0.05) is 50.0 Å². The molecule has 1 atom stereocenters. The Morgan fingerprint density at radius 1 is 1.10 bits per heavy atom. The lowest BCUT2D eigenvalue weighted by molar-refractivity contribution is 0.182. The number of thiophene rings is 1. The molecule has 1 unspecified atom stereocenters. The van der Waals surface area contributed by atoms with E-state index in [9.17, 15) is 5.11 Å². The molecule has 108 valence electrons. The average Bonchev–Trinajstić information content (AvgIpc) is 2.83. The Hall–Kier alpha value is -0.540. The first-order chi connectivity index (χ1) is 9.29. The molecule has 0 aliphatic rings. The number of aliphatic hydroxyl groups is 1. The molecule has 0 aliphatic carbocycles. The summed E-state index contributed by atoms with van der Waals surface area (Å²) in [5.41, 5.74) is 0.902. The van der Waals surface area contributed by atoms with Crippen LogP contribution in [-0.2, 0) is 11.8 Å². The standard InChI is InChI=1S/C16H18Cl2OS/c1-16(2,3)15-8-7-14(20-15)13(19)9-10-11(17)5-4-6-12(10)18/h4-8,13,19H,9H2,1-3H3. The molecule has 1 nitrogen and oxygen atoms in total. The third kappa shape index (κ3) is 3.56. The van der Waals surface area contributed by atoms with Gasteiger partial charge in [0.1, 0.15) is 0 Å². The maximum atomic E-state index is 10.4. The lowest BCUT2D eigenvalue weighted by Crippen LogP contribution is -2.08. The topological polar surface area (TPSA) is 20.2 Å². The monoisotopic (exact) mass is 328 g/mol. The fraction of sp³-hybridized carbons (Fsp3) is 0.375. The second-order valence-electron chi connectivity index (χ2n) is 5.87. The molecule has 2 aromatic rings. The summed E-state index contributed by atoms with van der Waals surface area (Å²) in [6.07, 6.45) is -0.142. The lowest BCUT2D eigenvalue weighted by Gasteiger charge is -2.16. The smallest absolute Gasteiger partial charge is 0.0923 e. The van der Waals surface area contributed by atoms with Crippen LogP contribution in [0.25, 0.3) is 0 Å². The van der Waals surface area contributed by atoms with Gasteiger partial charge in [-0.3, -0.25) is 0 Å². The van der Waals surface area contributed by atoms with E-state index in [2.05, 4.69) is 26.8 Å². The van der Waals surface area contributed by atoms with Crippen LogP contribution in [-0.4, -0.2) is 5.11 Å². The van der Waals surface area contributed by atoms with Gasteiger partial charge in [-0.15, -0.1) is 11.3 Å². The zero-order valence-electron chi connectivity index (χ0n) is 11.8. The molecule has 0 radical (unpaired) electrons. The molecule has 4 heteroatoms. The molecule has 1 aromatic carbocycles. The van der Waals surface area contributed by atoms with Crippen molar-refractivity contribution in [2.24, 2.45) is 0 Å². The van der Waals surface area contributed by atoms with Gasteiger partial charge in [-0.2, -0.15) is 0 Å². The van der Waals surface area contributed by atoms with E-state index in [1.807, 2.05) is 12.1 Å². The molecule has 1 N–H and O–H groups in total. The highest BCUT2D eigenvalue weighted by molar-refractivity contribution is 7.12. The van der Waals surface area contributed by atoms with Gasteiger partial charge in [0.25, 0.3) is 0 Å². The van der Waals surface area contributed by atoms with E-state index < -0.39 is 6.10 Å². The average molecular weight is 329 g/mol. The number of aliphatic hydroxyl groups excluding tert-OH is 1. The van der Waals surface area contributed by atoms with E-state index in [-0.39, 0.29) is 5.41 Å². The number of hydrogen-bond donors (Lipinski definition) is 1. The highest BCUT2D eigenvalue weighted by Crippen LogP contribution is 2.35. The van der Waals surface area contributed by atoms with Crippen LogP contribution in [0.3, 0.4) is 0 Å². The summed E-state index contributed by atoms with van der Waals surface area (Å²) in [6, 6.07) is 9.47. The quantitative estimate of drug-likeness (QED) is 0.774. The SMILES string of the molecule is CC(C)(C)c1ccc(C(O)Cc2c(Cl)cccc2Cl)s1. The summed E-state index contributed by atoms with van der Waals surface area (Å²) in [5, 5.41) is 11.6. The Kier molecular flexibility index (Phi) is 4.80. The number of benzene rings is 1. The van der Waals surface area contributed by atoms with Gasteiger partial charge < -0.3 is 5.11 Å². The summed E-state index contributed by atoms with van der Waals surface area (Å²) in [6.45, 7) is 6.50. The van der Waals surface area contributed by atoms with Gasteiger partial charge in [0.2, 0.25) is 0 Å². The highest BCUT2D eigenvalue weighted by Gasteiger charge is 2.20. The summed E-state index contributed by atoms with van der Waals surface area (Å²) in [4.78, 5) is 2.21. The van der Waals surface area contributed by atoms with Crippen molar-refractivity contribution in [1.82, 2.24) is 0 Å². The van der Waals surface area contributed by atoms with Crippen LogP contribution in [0.15, 0.2) is 30.3 Å². The normalized spacial score (nSPS) is 13.5. The van der Waals surface area contributed by atoms with Crippen molar-refractivity contribution in [2.75, 3.05) is 0 Å². The van der Waals surface area contributed by atoms with Gasteiger partial charge in [-0.05, 0) is 35.2 Å². The van der Waals surface area contributed by atoms with Gasteiger partial charge in [0.05, 0.1) is 6.10 Å². The third-order valence-corrected chi connectivity index (χ3v) is 5.47. The first-order valence-electron chi connectivity index (χ1n) is 6.50. The molecular formula is C16H18Cl2OS. The molecule has 0 amide bonds. The van der Waals surface area contributed by atoms with Crippen LogP contribution >= 0.6 is 34.5 Å². The molecular weight excluding hydrogens is 311 g/mol. The fourth-order valence-electron chi connectivity index (χ4n) is 1.96. The van der Waals surface area contributed by atoms with E-state index in [0.717, 1.165) is 10.4 Å². The Morgan fingerprint density at radius 2 is 1.70 bits per heavy atom. The molecule has 1 aromatic heterocycles. The minimum Gasteiger partial charge on any atom is -0.387 e. The summed E-state index contributed by atoms with van der Waals surface area (Å²) in [7, 11) is 0. The lowest BCUT2D eigenvalue weighted by atomic mass is 9.95. The molecule has 0 saturated carbocycles. The molecule has 0 fully saturated rings. The zero-order chi connectivity index (χ0) is 14.9. The van der Waals surface area contributed by atoms with Gasteiger partial charge in [0, 0.05) is 26.2 Å². The molecule has 0 spiro atoms. The molecule has 0 aliphatic heterocycles. The van der Waals surface area contributed by atoms with E-state index in [0.29, 0.717) is 16.5 Å². The van der Waals surface area contributed by atoms with Crippen LogP contribution in [0, 0.1) is 0 Å². The second-order valence-corrected chi connectivity index (χ2v) is 7.80. The van der Waals surface area contributed by atoms with Gasteiger partial charge in [-0.25, -0.2) is 0 Å². The summed E-state index contributed by atoms with van der Waals surface area (Å²) >= 11 is 13.9. The Morgan fingerprint density at radius 3 is 2.20 bits per heavy atom. The molecule has 0 bridgehead atoms. The van der Waals surface area contributed by atoms with Crippen molar-refractivity contribution in [3.8, 4) is 0 Å². The Bertz CT molecular complexity index is 579. The highest BCUT2D eigenvalue weighted by atomic mass is 35.5. The van der Waals surface area contributed by atoms with Crippen LogP contribution in [0.2, 0.25) is 10.0 Å². The summed E-state index contributed by atoms with van der Waals surface area (Å²) < 4.78 is 0. The van der Waals surface area contributed by atoms with Crippen molar-refractivity contribution in [3.63, 3.8) is 0 Å². The molecule has 20 heavy (non-hydrogen) atoms. The first-order valence-corrected chi connectivity index (χ1v) is 8.07. The minimum atomic E-state index is -0.575. The maximum absolute atomic E-state index is 10.4. The minimum absolute atomic E-state index is 0.102. The summed E-state index contributed by atoms with van der Waals surface area (Å²) in [5.74, 6) is 0. The van der Waals surface area contributed by atoms with Crippen LogP contribution in [0.1, 0.15) is 42.2 Å². The van der Waals surface area contributed by atoms with Crippen molar-refractivity contribution < 1.29 is 5.11 Å². The number of rotatable bonds is 3. The Labute approximate surface area is 134 Å². The number of halogens is 2. The van der Waals surface area contributed by atoms with Crippen molar-refractivity contribution in [2.45, 2.75) is 38.7 Å². The predicted octanol–water partition coefficient (Wildman–Crippen LogP) is 5.63. The van der Waals surface area contributed by atoms with Crippen molar-refractivity contribution in [3.05, 3.63) is 55.7 Å². The molecule has 0 saturated heterocycles. The zero-order valence-corrected chi connectivity index (χ0v) is 14.1. The maximum Gasteiger partial charge on any atom is 0.0923 e. The van der Waals surface area contributed by atoms with E-state index >= 15 is 0 Å². The van der Waals surface area contributed by atoms with E-state index in [1.165, 1.54) is 4.88 Å². The van der Waals surface area contributed by atoms with Crippen LogP contribution in [0.5, 0.6) is 0 Å².